The predicted molar refractivity (Wildman–Crippen MR) is 125 cm³/mol. The normalized spacial score (nSPS) is 10.6. The van der Waals surface area contributed by atoms with Crippen molar-refractivity contribution in [2.75, 3.05) is 11.1 Å². The first-order valence-corrected chi connectivity index (χ1v) is 11.5. The third-order valence-electron chi connectivity index (χ3n) is 4.37. The molecular formula is C22H16ClN5OS2. The second-order valence-electron chi connectivity index (χ2n) is 6.60. The number of hydrogen-bond donors (Lipinski definition) is 1. The minimum atomic E-state index is -0.212. The van der Waals surface area contributed by atoms with Crippen molar-refractivity contribution in [3.63, 3.8) is 0 Å². The van der Waals surface area contributed by atoms with Crippen molar-refractivity contribution < 1.29 is 4.79 Å². The van der Waals surface area contributed by atoms with E-state index in [0.717, 1.165) is 16.8 Å². The molecule has 0 aliphatic rings. The first-order valence-electron chi connectivity index (χ1n) is 9.24. The molecule has 2 aromatic carbocycles. The highest BCUT2D eigenvalue weighted by Gasteiger charge is 2.18. The van der Waals surface area contributed by atoms with Crippen LogP contribution in [0.5, 0.6) is 0 Å². The first-order chi connectivity index (χ1) is 15.0. The SMILES string of the molecule is Cc1cccc(-n2c(SCC(=O)Nc3sccc3C#N)nnc2-c2ccc(Cl)cc2)c1. The smallest absolute Gasteiger partial charge is 0.235 e. The zero-order valence-corrected chi connectivity index (χ0v) is 18.8. The highest BCUT2D eigenvalue weighted by atomic mass is 35.5. The van der Waals surface area contributed by atoms with Crippen LogP contribution in [0.15, 0.2) is 65.1 Å². The fourth-order valence-electron chi connectivity index (χ4n) is 2.94. The molecule has 0 radical (unpaired) electrons. The Hall–Kier alpha value is -3.12. The number of halogens is 1. The zero-order chi connectivity index (χ0) is 21.8. The van der Waals surface area contributed by atoms with Crippen LogP contribution in [0, 0.1) is 18.3 Å². The van der Waals surface area contributed by atoms with E-state index in [-0.39, 0.29) is 11.7 Å². The van der Waals surface area contributed by atoms with Gasteiger partial charge in [0.05, 0.1) is 11.3 Å². The van der Waals surface area contributed by atoms with Crippen molar-refractivity contribution in [2.45, 2.75) is 12.1 Å². The Bertz CT molecular complexity index is 1270. The summed E-state index contributed by atoms with van der Waals surface area (Å²) in [5.41, 5.74) is 3.33. The highest BCUT2D eigenvalue weighted by molar-refractivity contribution is 7.99. The van der Waals surface area contributed by atoms with Crippen LogP contribution in [0.3, 0.4) is 0 Å². The number of thiophene rings is 1. The fraction of sp³-hybridized carbons (Fsp3) is 0.0909. The van der Waals surface area contributed by atoms with E-state index in [1.54, 1.807) is 23.6 Å². The van der Waals surface area contributed by atoms with Gasteiger partial charge in [-0.15, -0.1) is 21.5 Å². The molecule has 0 saturated carbocycles. The number of carbonyl (C=O) groups is 1. The van der Waals surface area contributed by atoms with Crippen LogP contribution in [0.2, 0.25) is 5.02 Å². The van der Waals surface area contributed by atoms with Gasteiger partial charge in [0.25, 0.3) is 0 Å². The molecule has 0 aliphatic carbocycles. The maximum atomic E-state index is 12.5. The monoisotopic (exact) mass is 465 g/mol. The van der Waals surface area contributed by atoms with Gasteiger partial charge in [0, 0.05) is 16.3 Å². The molecule has 9 heteroatoms. The summed E-state index contributed by atoms with van der Waals surface area (Å²) in [4.78, 5) is 12.5. The van der Waals surface area contributed by atoms with Crippen molar-refractivity contribution in [2.24, 2.45) is 0 Å². The molecular weight excluding hydrogens is 450 g/mol. The molecule has 0 atom stereocenters. The Labute approximate surface area is 192 Å². The standard InChI is InChI=1S/C22H16ClN5OS2/c1-14-3-2-4-18(11-14)28-20(15-5-7-17(23)8-6-15)26-27-22(28)31-13-19(29)25-21-16(12-24)9-10-30-21/h2-11H,13H2,1H3,(H,25,29). The number of amides is 1. The van der Waals surface area contributed by atoms with Gasteiger partial charge in [-0.05, 0) is 60.3 Å². The minimum absolute atomic E-state index is 0.132. The van der Waals surface area contributed by atoms with Crippen molar-refractivity contribution in [1.29, 1.82) is 5.26 Å². The number of nitrogens with zero attached hydrogens (tertiary/aromatic N) is 4. The van der Waals surface area contributed by atoms with Gasteiger partial charge in [-0.3, -0.25) is 9.36 Å². The maximum absolute atomic E-state index is 12.5. The molecule has 0 fully saturated rings. The van der Waals surface area contributed by atoms with Crippen LogP contribution in [-0.2, 0) is 4.79 Å². The van der Waals surface area contributed by atoms with E-state index in [1.165, 1.54) is 23.1 Å². The Kier molecular flexibility index (Phi) is 6.37. The Morgan fingerprint density at radius 2 is 2.03 bits per heavy atom. The van der Waals surface area contributed by atoms with Crippen LogP contribution in [-0.4, -0.2) is 26.4 Å². The van der Waals surface area contributed by atoms with Crippen LogP contribution in [0.25, 0.3) is 17.1 Å². The van der Waals surface area contributed by atoms with Crippen molar-refractivity contribution in [1.82, 2.24) is 14.8 Å². The number of aromatic nitrogens is 3. The van der Waals surface area contributed by atoms with Crippen LogP contribution < -0.4 is 5.32 Å². The number of aryl methyl sites for hydroxylation is 1. The van der Waals surface area contributed by atoms with Crippen LogP contribution in [0.1, 0.15) is 11.1 Å². The summed E-state index contributed by atoms with van der Waals surface area (Å²) in [6.45, 7) is 2.02. The Morgan fingerprint density at radius 3 is 2.77 bits per heavy atom. The summed E-state index contributed by atoms with van der Waals surface area (Å²) >= 11 is 8.64. The molecule has 4 aromatic rings. The molecule has 6 nitrogen and oxygen atoms in total. The number of thioether (sulfide) groups is 1. The molecule has 0 aliphatic heterocycles. The van der Waals surface area contributed by atoms with Gasteiger partial charge in [-0.2, -0.15) is 5.26 Å². The highest BCUT2D eigenvalue weighted by Crippen LogP contribution is 2.29. The number of nitrogens with one attached hydrogen (secondary N) is 1. The van der Waals surface area contributed by atoms with E-state index in [0.29, 0.717) is 26.6 Å². The summed E-state index contributed by atoms with van der Waals surface area (Å²) < 4.78 is 1.93. The molecule has 1 N–H and O–H groups in total. The van der Waals surface area contributed by atoms with Crippen LogP contribution in [0.4, 0.5) is 5.00 Å². The number of anilines is 1. The second-order valence-corrected chi connectivity index (χ2v) is 8.89. The van der Waals surface area contributed by atoms with Gasteiger partial charge in [0.15, 0.2) is 11.0 Å². The van der Waals surface area contributed by atoms with Crippen molar-refractivity contribution >= 4 is 45.6 Å². The molecule has 1 amide bonds. The summed E-state index contributed by atoms with van der Waals surface area (Å²) in [6, 6.07) is 19.1. The number of carbonyl (C=O) groups excluding carboxylic acids is 1. The Morgan fingerprint density at radius 1 is 1.23 bits per heavy atom. The van der Waals surface area contributed by atoms with E-state index in [9.17, 15) is 4.79 Å². The fourth-order valence-corrected chi connectivity index (χ4v) is 4.57. The third kappa shape index (κ3) is 4.80. The number of nitriles is 1. The van der Waals surface area contributed by atoms with Gasteiger partial charge in [-0.1, -0.05) is 35.5 Å². The summed E-state index contributed by atoms with van der Waals surface area (Å²) in [6.07, 6.45) is 0. The molecule has 31 heavy (non-hydrogen) atoms. The number of hydrogen-bond acceptors (Lipinski definition) is 6. The van der Waals surface area contributed by atoms with E-state index >= 15 is 0 Å². The van der Waals surface area contributed by atoms with E-state index in [4.69, 9.17) is 16.9 Å². The van der Waals surface area contributed by atoms with Gasteiger partial charge >= 0.3 is 0 Å². The lowest BCUT2D eigenvalue weighted by Crippen LogP contribution is -2.14. The zero-order valence-electron chi connectivity index (χ0n) is 16.4. The third-order valence-corrected chi connectivity index (χ3v) is 6.38. The van der Waals surface area contributed by atoms with Gasteiger partial charge in [-0.25, -0.2) is 0 Å². The average Bonchev–Trinajstić information content (AvgIpc) is 3.39. The van der Waals surface area contributed by atoms with Gasteiger partial charge in [0.2, 0.25) is 5.91 Å². The van der Waals surface area contributed by atoms with E-state index in [1.807, 2.05) is 47.9 Å². The van der Waals surface area contributed by atoms with E-state index in [2.05, 4.69) is 21.6 Å². The van der Waals surface area contributed by atoms with Crippen molar-refractivity contribution in [3.8, 4) is 23.1 Å². The molecule has 0 bridgehead atoms. The quantitative estimate of drug-likeness (QED) is 0.377. The lowest BCUT2D eigenvalue weighted by atomic mass is 10.2. The van der Waals surface area contributed by atoms with Gasteiger partial charge < -0.3 is 5.32 Å². The largest absolute Gasteiger partial charge is 0.316 e. The van der Waals surface area contributed by atoms with E-state index < -0.39 is 0 Å². The average molecular weight is 466 g/mol. The first kappa shape index (κ1) is 21.1. The molecule has 0 spiro atoms. The molecule has 2 heterocycles. The lowest BCUT2D eigenvalue weighted by Gasteiger charge is -2.11. The summed E-state index contributed by atoms with van der Waals surface area (Å²) in [7, 11) is 0. The molecule has 154 valence electrons. The molecule has 2 aromatic heterocycles. The topological polar surface area (TPSA) is 83.6 Å². The predicted octanol–water partition coefficient (Wildman–Crippen LogP) is 5.56. The molecule has 0 saturated heterocycles. The number of benzene rings is 2. The Balaban J connectivity index is 1.62. The molecule has 0 unspecified atom stereocenters. The number of rotatable bonds is 6. The minimum Gasteiger partial charge on any atom is -0.316 e. The molecule has 4 rings (SSSR count). The van der Waals surface area contributed by atoms with Crippen LogP contribution >= 0.6 is 34.7 Å². The summed E-state index contributed by atoms with van der Waals surface area (Å²) in [5.74, 6) is 0.582. The second kappa shape index (κ2) is 9.35. The van der Waals surface area contributed by atoms with Gasteiger partial charge in [0.1, 0.15) is 11.1 Å². The lowest BCUT2D eigenvalue weighted by molar-refractivity contribution is -0.113. The summed E-state index contributed by atoms with van der Waals surface area (Å²) in [5, 5.41) is 24.2. The van der Waals surface area contributed by atoms with Crippen molar-refractivity contribution in [3.05, 3.63) is 76.1 Å². The maximum Gasteiger partial charge on any atom is 0.235 e.